The Morgan fingerprint density at radius 1 is 0.299 bits per heavy atom. The van der Waals surface area contributed by atoms with Crippen molar-refractivity contribution in [1.29, 1.82) is 0 Å². The van der Waals surface area contributed by atoms with Crippen LogP contribution in [0.2, 0.25) is 0 Å². The molecule has 0 amide bonds. The summed E-state index contributed by atoms with van der Waals surface area (Å²) in [4.78, 5) is 4.58. The molecule has 17 rings (SSSR count). The second-order valence-electron chi connectivity index (χ2n) is 24.6. The first-order chi connectivity index (χ1) is 47.8. The number of para-hydroxylation sites is 4. The van der Waals surface area contributed by atoms with Crippen LogP contribution in [0.5, 0.6) is 23.0 Å². The molecule has 1 aromatic heterocycles. The molecular weight excluding hydrogens is 1190 g/mol. The lowest BCUT2D eigenvalue weighted by Crippen LogP contribution is -2.29. The highest BCUT2D eigenvalue weighted by Gasteiger charge is 2.48. The Kier molecular flexibility index (Phi) is 14.3. The van der Waals surface area contributed by atoms with E-state index in [9.17, 15) is 0 Å². The van der Waals surface area contributed by atoms with Crippen molar-refractivity contribution in [3.05, 3.63) is 408 Å². The summed E-state index contributed by atoms with van der Waals surface area (Å²) in [6, 6.07) is 111. The van der Waals surface area contributed by atoms with Crippen LogP contribution in [-0.4, -0.2) is 0 Å². The number of nitrogens with zero attached hydrogens (tertiary/aromatic N) is 2. The number of furan rings is 1. The fourth-order valence-corrected chi connectivity index (χ4v) is 15.1. The minimum Gasteiger partial charge on any atom is -0.457 e. The Morgan fingerprint density at radius 2 is 0.629 bits per heavy atom. The first-order valence-corrected chi connectivity index (χ1v) is 32.5. The Balaban J connectivity index is 0.825. The summed E-state index contributed by atoms with van der Waals surface area (Å²) < 4.78 is 51.0. The van der Waals surface area contributed by atoms with Gasteiger partial charge in [0.25, 0.3) is 0 Å². The number of benzene rings is 14. The molecule has 0 N–H and O–H groups in total. The van der Waals surface area contributed by atoms with Crippen LogP contribution in [0.1, 0.15) is 55.6 Å². The molecule has 0 saturated heterocycles. The van der Waals surface area contributed by atoms with Gasteiger partial charge in [-0.2, -0.15) is 0 Å². The third-order valence-corrected chi connectivity index (χ3v) is 19.4. The van der Waals surface area contributed by atoms with Crippen molar-refractivity contribution in [2.75, 3.05) is 9.80 Å². The van der Waals surface area contributed by atoms with E-state index >= 15 is 8.78 Å². The molecule has 1 heterocycles. The molecule has 2 atom stereocenters. The van der Waals surface area contributed by atoms with Gasteiger partial charge in [0.1, 0.15) is 34.6 Å². The zero-order valence-corrected chi connectivity index (χ0v) is 52.6. The highest BCUT2D eigenvalue weighted by atomic mass is 19.1. The Bertz CT molecular complexity index is 5160. The van der Waals surface area contributed by atoms with Crippen molar-refractivity contribution < 1.29 is 22.7 Å². The lowest BCUT2D eigenvalue weighted by molar-refractivity contribution is 0.482. The van der Waals surface area contributed by atoms with Crippen LogP contribution < -0.4 is 19.3 Å². The van der Waals surface area contributed by atoms with Gasteiger partial charge in [0.2, 0.25) is 0 Å². The van der Waals surface area contributed by atoms with Crippen molar-refractivity contribution in [1.82, 2.24) is 0 Å². The van der Waals surface area contributed by atoms with Crippen LogP contribution in [-0.2, 0) is 10.8 Å². The van der Waals surface area contributed by atoms with Gasteiger partial charge in [-0.3, -0.25) is 0 Å². The topological polar surface area (TPSA) is 38.1 Å². The van der Waals surface area contributed by atoms with E-state index in [0.717, 1.165) is 123 Å². The molecule has 97 heavy (non-hydrogen) atoms. The minimum absolute atomic E-state index is 0.312. The average molecular weight is 1260 g/mol. The zero-order valence-electron chi connectivity index (χ0n) is 52.6. The van der Waals surface area contributed by atoms with E-state index in [1.807, 2.05) is 121 Å². The predicted octanol–water partition coefficient (Wildman–Crippen LogP) is 24.4. The largest absolute Gasteiger partial charge is 0.457 e. The summed E-state index contributed by atoms with van der Waals surface area (Å²) in [7, 11) is 0. The quantitative estimate of drug-likeness (QED) is 0.0964. The second kappa shape index (κ2) is 23.8. The highest BCUT2D eigenvalue weighted by Crippen LogP contribution is 2.60. The number of rotatable bonds is 16. The van der Waals surface area contributed by atoms with E-state index in [1.54, 1.807) is 24.3 Å². The van der Waals surface area contributed by atoms with E-state index < -0.39 is 10.8 Å². The van der Waals surface area contributed by atoms with Crippen molar-refractivity contribution >= 4 is 68.2 Å². The standard InChI is InChI=1S/C90H60F2N2O3/c1-3-59-29-47-71(48-30-59)95-73-51-37-63(38-52-73)89(61-33-41-65(91)42-34-61)81-25-13-11-21-75(81)77-55-45-69(57-83(77)89)93(67-17-7-5-8-18-67)85-27-15-23-79-80-24-16-28-86(88(80)97-87(79)85)94(68-19-9-6-10-20-68)70-46-56-78-76-22-12-14-26-82(76)90(84(78)58-70,62-35-43-66(92)44-36-62)64-39-53-74(54-40-64)96-72-49-31-60(4-2)32-50-72/h3-58H,1-2H2. The molecule has 0 spiro atoms. The zero-order chi connectivity index (χ0) is 65.2. The summed E-state index contributed by atoms with van der Waals surface area (Å²) in [6.45, 7) is 7.82. The maximum absolute atomic E-state index is 15.3. The molecule has 0 fully saturated rings. The van der Waals surface area contributed by atoms with Crippen LogP contribution in [0.15, 0.2) is 345 Å². The highest BCUT2D eigenvalue weighted by molar-refractivity contribution is 6.14. The number of anilines is 6. The fraction of sp³-hybridized carbons (Fsp3) is 0.0222. The fourth-order valence-electron chi connectivity index (χ4n) is 15.1. The van der Waals surface area contributed by atoms with Crippen LogP contribution in [0.3, 0.4) is 0 Å². The van der Waals surface area contributed by atoms with Gasteiger partial charge >= 0.3 is 0 Å². The van der Waals surface area contributed by atoms with Gasteiger partial charge < -0.3 is 23.7 Å². The van der Waals surface area contributed by atoms with Gasteiger partial charge in [0.15, 0.2) is 11.2 Å². The average Bonchev–Trinajstić information content (AvgIpc) is 1.66. The van der Waals surface area contributed by atoms with Crippen LogP contribution in [0.4, 0.5) is 42.9 Å². The van der Waals surface area contributed by atoms with Crippen molar-refractivity contribution in [2.45, 2.75) is 10.8 Å². The normalized spacial score (nSPS) is 14.9. The van der Waals surface area contributed by atoms with Gasteiger partial charge in [-0.25, -0.2) is 8.78 Å². The molecule has 462 valence electrons. The molecule has 0 radical (unpaired) electrons. The first-order valence-electron chi connectivity index (χ1n) is 32.5. The molecule has 0 bridgehead atoms. The van der Waals surface area contributed by atoms with E-state index in [1.165, 1.54) is 0 Å². The summed E-state index contributed by atoms with van der Waals surface area (Å²) in [5, 5.41) is 1.88. The third-order valence-electron chi connectivity index (χ3n) is 19.4. The van der Waals surface area contributed by atoms with Gasteiger partial charge in [-0.1, -0.05) is 219 Å². The number of halogens is 2. The molecule has 0 saturated carbocycles. The molecular formula is C90H60F2N2O3. The summed E-state index contributed by atoms with van der Waals surface area (Å²) >= 11 is 0. The summed E-state index contributed by atoms with van der Waals surface area (Å²) in [6.07, 6.45) is 3.63. The van der Waals surface area contributed by atoms with Crippen LogP contribution >= 0.6 is 0 Å². The SMILES string of the molecule is C=Cc1ccc(Oc2ccc(C3(c4ccc(F)cc4)c4ccccc4-c4ccc(N(c5ccccc5)c5cccc6c5oc5c(N(c7ccccc7)c7ccc8c(c7)C(c7ccc(F)cc7)(c7ccc(Oc9ccc(C=C)cc9)cc7)c7ccccc7-8)cccc56)cc43)cc2)cc1. The van der Waals surface area contributed by atoms with Crippen molar-refractivity contribution in [3.63, 3.8) is 0 Å². The molecule has 2 aliphatic carbocycles. The predicted molar refractivity (Wildman–Crippen MR) is 391 cm³/mol. The Hall–Kier alpha value is -12.6. The third kappa shape index (κ3) is 9.65. The maximum atomic E-state index is 15.3. The van der Waals surface area contributed by atoms with Crippen molar-refractivity contribution in [3.8, 4) is 45.3 Å². The molecule has 14 aromatic carbocycles. The number of fused-ring (bicyclic) bond motifs is 9. The van der Waals surface area contributed by atoms with Crippen LogP contribution in [0.25, 0.3) is 56.3 Å². The summed E-state index contributed by atoms with van der Waals surface area (Å²) in [5.74, 6) is 2.18. The molecule has 2 unspecified atom stereocenters. The number of hydrogen-bond acceptors (Lipinski definition) is 5. The Labute approximate surface area is 561 Å². The lowest BCUT2D eigenvalue weighted by atomic mass is 9.67. The smallest absolute Gasteiger partial charge is 0.159 e. The first kappa shape index (κ1) is 58.3. The molecule has 2 aliphatic rings. The maximum Gasteiger partial charge on any atom is 0.159 e. The van der Waals surface area contributed by atoms with Crippen LogP contribution in [0, 0.1) is 11.6 Å². The molecule has 15 aromatic rings. The van der Waals surface area contributed by atoms with E-state index in [4.69, 9.17) is 13.9 Å². The minimum atomic E-state index is -0.888. The van der Waals surface area contributed by atoms with Gasteiger partial charge in [-0.05, 0) is 211 Å². The molecule has 5 nitrogen and oxygen atoms in total. The number of hydrogen-bond donors (Lipinski definition) is 0. The van der Waals surface area contributed by atoms with Gasteiger partial charge in [0.05, 0.1) is 22.2 Å². The van der Waals surface area contributed by atoms with E-state index in [0.29, 0.717) is 34.2 Å². The Morgan fingerprint density at radius 3 is 1.00 bits per heavy atom. The molecule has 7 heteroatoms. The van der Waals surface area contributed by atoms with E-state index in [2.05, 4.69) is 217 Å². The van der Waals surface area contributed by atoms with Gasteiger partial charge in [0, 0.05) is 33.5 Å². The lowest BCUT2D eigenvalue weighted by Gasteiger charge is -2.35. The van der Waals surface area contributed by atoms with Crippen molar-refractivity contribution in [2.24, 2.45) is 0 Å². The van der Waals surface area contributed by atoms with Gasteiger partial charge in [-0.15, -0.1) is 0 Å². The molecule has 0 aliphatic heterocycles. The van der Waals surface area contributed by atoms with E-state index in [-0.39, 0.29) is 11.6 Å². The second-order valence-corrected chi connectivity index (χ2v) is 24.6. The summed E-state index contributed by atoms with van der Waals surface area (Å²) in [5.41, 5.74) is 19.4. The monoisotopic (exact) mass is 1250 g/mol. The number of ether oxygens (including phenoxy) is 2.